The SMILES string of the molecule is Cc1ccc(Nc2ccnc(C(=O)N3CCN(Cc4ccccc4)CC3)c2)cc1. The van der Waals surface area contributed by atoms with Crippen LogP contribution in [0.4, 0.5) is 11.4 Å². The molecule has 0 spiro atoms. The van der Waals surface area contributed by atoms with Gasteiger partial charge in [0.15, 0.2) is 0 Å². The highest BCUT2D eigenvalue weighted by Gasteiger charge is 2.23. The van der Waals surface area contributed by atoms with Gasteiger partial charge in [0.25, 0.3) is 5.91 Å². The van der Waals surface area contributed by atoms with Crippen LogP contribution in [0.1, 0.15) is 21.6 Å². The average Bonchev–Trinajstić information content (AvgIpc) is 2.76. The van der Waals surface area contributed by atoms with Gasteiger partial charge in [0.2, 0.25) is 0 Å². The third kappa shape index (κ3) is 5.00. The van der Waals surface area contributed by atoms with Crippen molar-refractivity contribution < 1.29 is 4.79 Å². The Morgan fingerprint density at radius 1 is 0.931 bits per heavy atom. The number of piperazine rings is 1. The van der Waals surface area contributed by atoms with Gasteiger partial charge < -0.3 is 10.2 Å². The molecule has 0 atom stereocenters. The molecule has 1 aliphatic heterocycles. The molecule has 2 heterocycles. The first-order chi connectivity index (χ1) is 14.2. The minimum atomic E-state index is -0.00285. The van der Waals surface area contributed by atoms with Crippen molar-refractivity contribution in [1.82, 2.24) is 14.8 Å². The van der Waals surface area contributed by atoms with Crippen molar-refractivity contribution in [2.45, 2.75) is 13.5 Å². The zero-order valence-corrected chi connectivity index (χ0v) is 16.7. The third-order valence-corrected chi connectivity index (χ3v) is 5.23. The lowest BCUT2D eigenvalue weighted by molar-refractivity contribution is 0.0623. The summed E-state index contributed by atoms with van der Waals surface area (Å²) in [6.45, 7) is 6.19. The molecule has 1 aliphatic rings. The van der Waals surface area contributed by atoms with Gasteiger partial charge in [-0.25, -0.2) is 0 Å². The average molecular weight is 386 g/mol. The topological polar surface area (TPSA) is 48.5 Å². The molecule has 1 amide bonds. The molecule has 148 valence electrons. The number of carbonyl (C=O) groups is 1. The lowest BCUT2D eigenvalue weighted by atomic mass is 10.2. The number of benzene rings is 2. The molecule has 1 N–H and O–H groups in total. The number of pyridine rings is 1. The van der Waals surface area contributed by atoms with Crippen molar-refractivity contribution >= 4 is 17.3 Å². The summed E-state index contributed by atoms with van der Waals surface area (Å²) >= 11 is 0. The van der Waals surface area contributed by atoms with E-state index < -0.39 is 0 Å². The Balaban J connectivity index is 1.35. The number of hydrogen-bond acceptors (Lipinski definition) is 4. The molecule has 0 radical (unpaired) electrons. The van der Waals surface area contributed by atoms with Crippen LogP contribution in [-0.4, -0.2) is 46.9 Å². The maximum Gasteiger partial charge on any atom is 0.272 e. The van der Waals surface area contributed by atoms with Crippen LogP contribution in [0.3, 0.4) is 0 Å². The fourth-order valence-corrected chi connectivity index (χ4v) is 3.54. The van der Waals surface area contributed by atoms with Gasteiger partial charge in [-0.1, -0.05) is 48.0 Å². The fraction of sp³-hybridized carbons (Fsp3) is 0.250. The second kappa shape index (κ2) is 8.88. The zero-order valence-electron chi connectivity index (χ0n) is 16.7. The van der Waals surface area contributed by atoms with Crippen LogP contribution in [0.25, 0.3) is 0 Å². The minimum Gasteiger partial charge on any atom is -0.355 e. The highest BCUT2D eigenvalue weighted by molar-refractivity contribution is 5.93. The van der Waals surface area contributed by atoms with E-state index >= 15 is 0 Å². The predicted molar refractivity (Wildman–Crippen MR) is 116 cm³/mol. The van der Waals surface area contributed by atoms with Gasteiger partial charge in [0, 0.05) is 50.3 Å². The molecule has 1 fully saturated rings. The number of anilines is 2. The molecule has 0 bridgehead atoms. The normalized spacial score (nSPS) is 14.6. The Morgan fingerprint density at radius 3 is 2.38 bits per heavy atom. The number of nitrogens with zero attached hydrogens (tertiary/aromatic N) is 3. The second-order valence-electron chi connectivity index (χ2n) is 7.47. The van der Waals surface area contributed by atoms with E-state index in [-0.39, 0.29) is 5.91 Å². The molecule has 0 aliphatic carbocycles. The molecule has 5 heteroatoms. The Morgan fingerprint density at radius 2 is 1.66 bits per heavy atom. The third-order valence-electron chi connectivity index (χ3n) is 5.23. The highest BCUT2D eigenvalue weighted by atomic mass is 16.2. The molecule has 1 aromatic heterocycles. The van der Waals surface area contributed by atoms with Gasteiger partial charge in [-0.3, -0.25) is 14.7 Å². The van der Waals surface area contributed by atoms with Crippen LogP contribution in [0, 0.1) is 6.92 Å². The second-order valence-corrected chi connectivity index (χ2v) is 7.47. The lowest BCUT2D eigenvalue weighted by Gasteiger charge is -2.34. The Labute approximate surface area is 172 Å². The summed E-state index contributed by atoms with van der Waals surface area (Å²) in [5.74, 6) is -0.00285. The number of carbonyl (C=O) groups excluding carboxylic acids is 1. The quantitative estimate of drug-likeness (QED) is 0.717. The van der Waals surface area contributed by atoms with Crippen molar-refractivity contribution in [3.63, 3.8) is 0 Å². The van der Waals surface area contributed by atoms with Gasteiger partial charge >= 0.3 is 0 Å². The number of aromatic nitrogens is 1. The summed E-state index contributed by atoms with van der Waals surface area (Å²) in [5, 5.41) is 3.34. The minimum absolute atomic E-state index is 0.00285. The van der Waals surface area contributed by atoms with E-state index in [1.807, 2.05) is 35.2 Å². The summed E-state index contributed by atoms with van der Waals surface area (Å²) in [6, 6.07) is 22.4. The van der Waals surface area contributed by atoms with Crippen LogP contribution >= 0.6 is 0 Å². The lowest BCUT2D eigenvalue weighted by Crippen LogP contribution is -2.48. The first-order valence-electron chi connectivity index (χ1n) is 10.0. The molecule has 0 unspecified atom stereocenters. The molecule has 1 saturated heterocycles. The number of amides is 1. The van der Waals surface area contributed by atoms with Crippen molar-refractivity contribution in [3.8, 4) is 0 Å². The number of rotatable bonds is 5. The molecule has 0 saturated carbocycles. The largest absolute Gasteiger partial charge is 0.355 e. The van der Waals surface area contributed by atoms with E-state index in [0.29, 0.717) is 5.69 Å². The Kier molecular flexibility index (Phi) is 5.86. The summed E-state index contributed by atoms with van der Waals surface area (Å²) in [4.78, 5) is 21.5. The first-order valence-corrected chi connectivity index (χ1v) is 10.0. The monoisotopic (exact) mass is 386 g/mol. The highest BCUT2D eigenvalue weighted by Crippen LogP contribution is 2.18. The van der Waals surface area contributed by atoms with Crippen molar-refractivity contribution in [1.29, 1.82) is 0 Å². The van der Waals surface area contributed by atoms with Gasteiger partial charge in [-0.05, 0) is 36.8 Å². The van der Waals surface area contributed by atoms with E-state index in [0.717, 1.165) is 44.1 Å². The van der Waals surface area contributed by atoms with Crippen molar-refractivity contribution in [3.05, 3.63) is 89.7 Å². The molecule has 29 heavy (non-hydrogen) atoms. The van der Waals surface area contributed by atoms with Crippen molar-refractivity contribution in [2.75, 3.05) is 31.5 Å². The molecular formula is C24H26N4O. The van der Waals surface area contributed by atoms with Gasteiger partial charge in [-0.2, -0.15) is 0 Å². The van der Waals surface area contributed by atoms with Gasteiger partial charge in [0.1, 0.15) is 5.69 Å². The summed E-state index contributed by atoms with van der Waals surface area (Å²) in [6.07, 6.45) is 1.69. The Bertz CT molecular complexity index is 948. The predicted octanol–water partition coefficient (Wildman–Crippen LogP) is 4.09. The smallest absolute Gasteiger partial charge is 0.272 e. The number of hydrogen-bond donors (Lipinski definition) is 1. The summed E-state index contributed by atoms with van der Waals surface area (Å²) < 4.78 is 0. The fourth-order valence-electron chi connectivity index (χ4n) is 3.54. The van der Waals surface area contributed by atoms with E-state index in [4.69, 9.17) is 0 Å². The van der Waals surface area contributed by atoms with Crippen LogP contribution in [0.2, 0.25) is 0 Å². The molecule has 5 nitrogen and oxygen atoms in total. The Hall–Kier alpha value is -3.18. The van der Waals surface area contributed by atoms with Crippen LogP contribution in [0.15, 0.2) is 72.9 Å². The summed E-state index contributed by atoms with van der Waals surface area (Å²) in [7, 11) is 0. The standard InChI is InChI=1S/C24H26N4O/c1-19-7-9-21(10-8-19)26-22-11-12-25-23(17-22)24(29)28-15-13-27(14-16-28)18-20-5-3-2-4-6-20/h2-12,17H,13-16,18H2,1H3,(H,25,26). The van der Waals surface area contributed by atoms with Crippen LogP contribution in [0.5, 0.6) is 0 Å². The molecule has 3 aromatic rings. The molecule has 4 rings (SSSR count). The molecule has 2 aromatic carbocycles. The maximum atomic E-state index is 12.9. The van der Waals surface area contributed by atoms with E-state index in [1.165, 1.54) is 11.1 Å². The zero-order chi connectivity index (χ0) is 20.1. The van der Waals surface area contributed by atoms with E-state index in [1.54, 1.807) is 6.20 Å². The van der Waals surface area contributed by atoms with E-state index in [2.05, 4.69) is 58.5 Å². The van der Waals surface area contributed by atoms with Crippen molar-refractivity contribution in [2.24, 2.45) is 0 Å². The van der Waals surface area contributed by atoms with Gasteiger partial charge in [-0.15, -0.1) is 0 Å². The van der Waals surface area contributed by atoms with Crippen LogP contribution < -0.4 is 5.32 Å². The van der Waals surface area contributed by atoms with Gasteiger partial charge in [0.05, 0.1) is 0 Å². The number of nitrogens with one attached hydrogen (secondary N) is 1. The summed E-state index contributed by atoms with van der Waals surface area (Å²) in [5.41, 5.74) is 4.87. The van der Waals surface area contributed by atoms with E-state index in [9.17, 15) is 4.79 Å². The van der Waals surface area contributed by atoms with Crippen LogP contribution in [-0.2, 0) is 6.54 Å². The first kappa shape index (κ1) is 19.2. The molecular weight excluding hydrogens is 360 g/mol. The number of aryl methyl sites for hydroxylation is 1. The maximum absolute atomic E-state index is 12.9.